The van der Waals surface area contributed by atoms with Gasteiger partial charge in [-0.2, -0.15) is 0 Å². The maximum absolute atomic E-state index is 13.1. The number of nitrogens with one attached hydrogen (secondary N) is 2. The molecule has 30 heavy (non-hydrogen) atoms. The number of urea groups is 1. The van der Waals surface area contributed by atoms with Gasteiger partial charge in [0.2, 0.25) is 0 Å². The van der Waals surface area contributed by atoms with Crippen molar-refractivity contribution in [1.82, 2.24) is 15.5 Å². The zero-order valence-electron chi connectivity index (χ0n) is 17.6. The van der Waals surface area contributed by atoms with Crippen LogP contribution < -0.4 is 15.5 Å². The number of rotatable bonds is 6. The number of fused-ring (bicyclic) bond motifs is 1. The normalized spacial score (nSPS) is 19.9. The van der Waals surface area contributed by atoms with Gasteiger partial charge in [-0.05, 0) is 61.1 Å². The van der Waals surface area contributed by atoms with Crippen molar-refractivity contribution in [2.24, 2.45) is 5.92 Å². The second-order valence-corrected chi connectivity index (χ2v) is 8.51. The van der Waals surface area contributed by atoms with Gasteiger partial charge in [-0.15, -0.1) is 0 Å². The molecule has 160 valence electrons. The highest BCUT2D eigenvalue weighted by Crippen LogP contribution is 2.23. The van der Waals surface area contributed by atoms with Crippen molar-refractivity contribution in [2.75, 3.05) is 37.6 Å². The molecule has 6 heteroatoms. The molecule has 0 radical (unpaired) electrons. The van der Waals surface area contributed by atoms with E-state index in [0.29, 0.717) is 25.0 Å². The van der Waals surface area contributed by atoms with E-state index < -0.39 is 0 Å². The molecule has 2 aromatic carbocycles. The van der Waals surface area contributed by atoms with E-state index in [1.165, 1.54) is 23.3 Å². The van der Waals surface area contributed by atoms with Crippen molar-refractivity contribution in [3.63, 3.8) is 0 Å². The molecule has 5 nitrogen and oxygen atoms in total. The lowest BCUT2D eigenvalue weighted by Gasteiger charge is -2.33. The Balaban J connectivity index is 1.16. The fourth-order valence-electron chi connectivity index (χ4n) is 4.45. The summed E-state index contributed by atoms with van der Waals surface area (Å²) in [4.78, 5) is 17.0. The summed E-state index contributed by atoms with van der Waals surface area (Å²) in [6.07, 6.45) is 2.10. The van der Waals surface area contributed by atoms with E-state index >= 15 is 0 Å². The Bertz CT molecular complexity index is 857. The number of carbonyl (C=O) groups excluding carboxylic acids is 1. The van der Waals surface area contributed by atoms with Gasteiger partial charge in [-0.1, -0.05) is 24.3 Å². The standard InChI is InChI=1S/C24H31FN4O/c1-18(28-13-11-20-4-2-3-5-21(20)17-28)14-26-24(30)27-15-19-10-12-29(16-19)23-8-6-22(25)7-9-23/h2-9,18-19H,10-17H2,1H3,(H2,26,27,30)/t18-,19+/m1/s1. The molecule has 1 saturated heterocycles. The van der Waals surface area contributed by atoms with Crippen molar-refractivity contribution >= 4 is 11.7 Å². The van der Waals surface area contributed by atoms with Crippen molar-refractivity contribution in [2.45, 2.75) is 32.4 Å². The summed E-state index contributed by atoms with van der Waals surface area (Å²) < 4.78 is 13.1. The summed E-state index contributed by atoms with van der Waals surface area (Å²) in [5.74, 6) is 0.202. The summed E-state index contributed by atoms with van der Waals surface area (Å²) in [6.45, 7) is 7.27. The predicted octanol–water partition coefficient (Wildman–Crippen LogP) is 3.40. The van der Waals surface area contributed by atoms with Crippen molar-refractivity contribution in [3.05, 3.63) is 65.5 Å². The van der Waals surface area contributed by atoms with Crippen LogP contribution in [0.3, 0.4) is 0 Å². The van der Waals surface area contributed by atoms with E-state index in [1.807, 2.05) is 12.1 Å². The highest BCUT2D eigenvalue weighted by atomic mass is 19.1. The lowest BCUT2D eigenvalue weighted by Crippen LogP contribution is -2.47. The molecule has 2 aromatic rings. The Morgan fingerprint density at radius 1 is 1.10 bits per heavy atom. The van der Waals surface area contributed by atoms with Gasteiger partial charge in [-0.3, -0.25) is 4.90 Å². The monoisotopic (exact) mass is 410 g/mol. The number of halogens is 1. The van der Waals surface area contributed by atoms with Crippen molar-refractivity contribution in [3.8, 4) is 0 Å². The van der Waals surface area contributed by atoms with Crippen LogP contribution in [0.25, 0.3) is 0 Å². The van der Waals surface area contributed by atoms with Crippen LogP contribution in [0.1, 0.15) is 24.5 Å². The van der Waals surface area contributed by atoms with Crippen LogP contribution in [-0.2, 0) is 13.0 Å². The predicted molar refractivity (Wildman–Crippen MR) is 118 cm³/mol. The minimum absolute atomic E-state index is 0.0977. The Labute approximate surface area is 178 Å². The first-order chi connectivity index (χ1) is 14.6. The molecule has 2 N–H and O–H groups in total. The maximum Gasteiger partial charge on any atom is 0.314 e. The van der Waals surface area contributed by atoms with Gasteiger partial charge in [-0.25, -0.2) is 9.18 Å². The third kappa shape index (κ3) is 5.11. The van der Waals surface area contributed by atoms with E-state index in [0.717, 1.165) is 44.7 Å². The first kappa shape index (κ1) is 20.7. The van der Waals surface area contributed by atoms with Gasteiger partial charge in [0, 0.05) is 51.0 Å². The third-order valence-electron chi connectivity index (χ3n) is 6.37. The molecule has 0 unspecified atom stereocenters. The minimum atomic E-state index is -0.212. The summed E-state index contributed by atoms with van der Waals surface area (Å²) in [5.41, 5.74) is 3.88. The Morgan fingerprint density at radius 2 is 1.87 bits per heavy atom. The molecule has 0 bridgehead atoms. The summed E-state index contributed by atoms with van der Waals surface area (Å²) >= 11 is 0. The number of amides is 2. The first-order valence-corrected chi connectivity index (χ1v) is 10.9. The van der Waals surface area contributed by atoms with Crippen LogP contribution in [0.2, 0.25) is 0 Å². The number of anilines is 1. The molecule has 0 aromatic heterocycles. The molecule has 2 aliphatic rings. The fraction of sp³-hybridized carbons (Fsp3) is 0.458. The minimum Gasteiger partial charge on any atom is -0.371 e. The van der Waals surface area contributed by atoms with Gasteiger partial charge in [0.15, 0.2) is 0 Å². The van der Waals surface area contributed by atoms with E-state index in [1.54, 1.807) is 0 Å². The lowest BCUT2D eigenvalue weighted by molar-refractivity contribution is 0.184. The van der Waals surface area contributed by atoms with Gasteiger partial charge < -0.3 is 15.5 Å². The summed E-state index contributed by atoms with van der Waals surface area (Å²) in [5, 5.41) is 6.05. The van der Waals surface area contributed by atoms with Crippen LogP contribution in [0, 0.1) is 11.7 Å². The second-order valence-electron chi connectivity index (χ2n) is 8.51. The first-order valence-electron chi connectivity index (χ1n) is 10.9. The summed E-state index contributed by atoms with van der Waals surface area (Å²) in [6, 6.07) is 15.4. The topological polar surface area (TPSA) is 47.6 Å². The molecular formula is C24H31FN4O. The zero-order chi connectivity index (χ0) is 20.9. The summed E-state index contributed by atoms with van der Waals surface area (Å²) in [7, 11) is 0. The largest absolute Gasteiger partial charge is 0.371 e. The molecule has 0 aliphatic carbocycles. The SMILES string of the molecule is C[C@H](CNC(=O)NC[C@@H]1CCN(c2ccc(F)cc2)C1)N1CCc2ccccc2C1. The maximum atomic E-state index is 13.1. The quantitative estimate of drug-likeness (QED) is 0.767. The van der Waals surface area contributed by atoms with E-state index in [9.17, 15) is 9.18 Å². The van der Waals surface area contributed by atoms with E-state index in [4.69, 9.17) is 0 Å². The second kappa shape index (κ2) is 9.47. The Hall–Kier alpha value is -2.60. The average Bonchev–Trinajstić information content (AvgIpc) is 3.25. The van der Waals surface area contributed by atoms with Gasteiger partial charge in [0.05, 0.1) is 0 Å². The molecule has 0 spiro atoms. The fourth-order valence-corrected chi connectivity index (χ4v) is 4.45. The van der Waals surface area contributed by atoms with Gasteiger partial charge >= 0.3 is 6.03 Å². The molecule has 1 fully saturated rings. The zero-order valence-corrected chi connectivity index (χ0v) is 17.6. The highest BCUT2D eigenvalue weighted by molar-refractivity contribution is 5.73. The molecule has 4 rings (SSSR count). The highest BCUT2D eigenvalue weighted by Gasteiger charge is 2.24. The van der Waals surface area contributed by atoms with E-state index in [2.05, 4.69) is 51.6 Å². The van der Waals surface area contributed by atoms with Gasteiger partial charge in [0.25, 0.3) is 0 Å². The molecule has 2 heterocycles. The number of hydrogen-bond donors (Lipinski definition) is 2. The molecule has 2 aliphatic heterocycles. The third-order valence-corrected chi connectivity index (χ3v) is 6.37. The smallest absolute Gasteiger partial charge is 0.314 e. The van der Waals surface area contributed by atoms with Gasteiger partial charge in [0.1, 0.15) is 5.82 Å². The van der Waals surface area contributed by atoms with Crippen LogP contribution in [0.4, 0.5) is 14.9 Å². The van der Waals surface area contributed by atoms with Crippen LogP contribution >= 0.6 is 0 Å². The number of nitrogens with zero attached hydrogens (tertiary/aromatic N) is 2. The molecule has 0 saturated carbocycles. The molecule has 2 atom stereocenters. The molecular weight excluding hydrogens is 379 g/mol. The number of benzene rings is 2. The van der Waals surface area contributed by atoms with Crippen molar-refractivity contribution in [1.29, 1.82) is 0 Å². The van der Waals surface area contributed by atoms with Crippen LogP contribution in [-0.4, -0.2) is 49.7 Å². The number of hydrogen-bond acceptors (Lipinski definition) is 3. The van der Waals surface area contributed by atoms with Crippen LogP contribution in [0.5, 0.6) is 0 Å². The Morgan fingerprint density at radius 3 is 2.67 bits per heavy atom. The van der Waals surface area contributed by atoms with Crippen LogP contribution in [0.15, 0.2) is 48.5 Å². The lowest BCUT2D eigenvalue weighted by atomic mass is 9.99. The van der Waals surface area contributed by atoms with E-state index in [-0.39, 0.29) is 11.8 Å². The van der Waals surface area contributed by atoms with Crippen molar-refractivity contribution < 1.29 is 9.18 Å². The molecule has 2 amide bonds. The Kier molecular flexibility index (Phi) is 6.53. The number of carbonyl (C=O) groups is 1. The average molecular weight is 411 g/mol.